The van der Waals surface area contributed by atoms with E-state index in [0.717, 1.165) is 92.9 Å². The van der Waals surface area contributed by atoms with E-state index in [9.17, 15) is 5.11 Å². The molecule has 2 aromatic heterocycles. The average Bonchev–Trinajstić information content (AvgIpc) is 3.52. The quantitative estimate of drug-likeness (QED) is 0.176. The first kappa shape index (κ1) is 32.7. The molecule has 2 heterocycles. The number of aromatic hydroxyl groups is 1. The van der Waals surface area contributed by atoms with Crippen molar-refractivity contribution in [1.82, 2.24) is 14.5 Å². The van der Waals surface area contributed by atoms with Gasteiger partial charge in [-0.1, -0.05) is 105 Å². The molecule has 0 spiro atoms. The first-order valence-corrected chi connectivity index (χ1v) is 16.9. The summed E-state index contributed by atoms with van der Waals surface area (Å²) in [6, 6.07) is 43.8. The fourth-order valence-corrected chi connectivity index (χ4v) is 7.00. The number of hydrogen-bond donors (Lipinski definition) is 1. The standard InChI is InChI=1S/C44H38N3O.Pt/c1-44(2,3)34-26-32(25-33(27-34)39-28-31(23-24-45-39)29-13-6-4-7-14-29)36-19-12-20-40-41(36)46-43(47(40)35-16-8-5-9-17-35)38-22-21-30-15-10-11-18-37(30)42(38)48;/h4-9,12-14,16-17,19-24,26-28,48H,10-11,15,18H2,1-3H3;/q-1;. The van der Waals surface area contributed by atoms with Gasteiger partial charge in [-0.15, -0.1) is 29.3 Å². The maximum Gasteiger partial charge on any atom is 0.148 e. The van der Waals surface area contributed by atoms with E-state index in [4.69, 9.17) is 9.97 Å². The minimum Gasteiger partial charge on any atom is -0.507 e. The fraction of sp³-hybridized carbons (Fsp3) is 0.182. The molecule has 8 rings (SSSR count). The summed E-state index contributed by atoms with van der Waals surface area (Å²) in [4.78, 5) is 10.2. The molecule has 0 atom stereocenters. The molecule has 49 heavy (non-hydrogen) atoms. The van der Waals surface area contributed by atoms with Crippen molar-refractivity contribution in [3.63, 3.8) is 0 Å². The van der Waals surface area contributed by atoms with Crippen molar-refractivity contribution in [3.05, 3.63) is 144 Å². The first-order chi connectivity index (χ1) is 23.3. The second-order valence-corrected chi connectivity index (χ2v) is 13.8. The van der Waals surface area contributed by atoms with Crippen LogP contribution in [0.1, 0.15) is 50.3 Å². The van der Waals surface area contributed by atoms with Crippen LogP contribution in [-0.4, -0.2) is 19.6 Å². The number of para-hydroxylation sites is 2. The molecule has 0 unspecified atom stereocenters. The van der Waals surface area contributed by atoms with Crippen molar-refractivity contribution in [2.45, 2.75) is 51.9 Å². The van der Waals surface area contributed by atoms with Crippen LogP contribution in [0.2, 0.25) is 0 Å². The van der Waals surface area contributed by atoms with Gasteiger partial charge < -0.3 is 5.11 Å². The van der Waals surface area contributed by atoms with E-state index in [1.54, 1.807) is 0 Å². The smallest absolute Gasteiger partial charge is 0.148 e. The van der Waals surface area contributed by atoms with Crippen LogP contribution < -0.4 is 0 Å². The molecule has 7 aromatic rings. The van der Waals surface area contributed by atoms with Gasteiger partial charge in [-0.3, -0.25) is 9.55 Å². The first-order valence-electron chi connectivity index (χ1n) is 16.9. The van der Waals surface area contributed by atoms with E-state index in [1.807, 2.05) is 30.5 Å². The van der Waals surface area contributed by atoms with E-state index in [0.29, 0.717) is 5.75 Å². The van der Waals surface area contributed by atoms with Gasteiger partial charge in [-0.2, -0.15) is 0 Å². The van der Waals surface area contributed by atoms with Crippen LogP contribution in [0.4, 0.5) is 0 Å². The second kappa shape index (κ2) is 13.3. The summed E-state index contributed by atoms with van der Waals surface area (Å²) in [7, 11) is 0. The third-order valence-corrected chi connectivity index (χ3v) is 9.61. The van der Waals surface area contributed by atoms with Gasteiger partial charge in [-0.05, 0) is 83.7 Å². The van der Waals surface area contributed by atoms with Gasteiger partial charge >= 0.3 is 0 Å². The largest absolute Gasteiger partial charge is 0.507 e. The van der Waals surface area contributed by atoms with Crippen LogP contribution in [0.25, 0.3) is 61.6 Å². The Morgan fingerprint density at radius 2 is 1.45 bits per heavy atom. The molecule has 5 aromatic carbocycles. The zero-order chi connectivity index (χ0) is 32.8. The Kier molecular flexibility index (Phi) is 8.86. The van der Waals surface area contributed by atoms with Crippen LogP contribution in [0.15, 0.2) is 121 Å². The Morgan fingerprint density at radius 1 is 0.714 bits per heavy atom. The molecule has 0 fully saturated rings. The molecule has 0 radical (unpaired) electrons. The molecular weight excluding hydrogens is 782 g/mol. The van der Waals surface area contributed by atoms with Crippen molar-refractivity contribution in [2.24, 2.45) is 0 Å². The number of pyridine rings is 1. The van der Waals surface area contributed by atoms with Crippen molar-refractivity contribution in [1.29, 1.82) is 0 Å². The molecule has 0 aliphatic heterocycles. The molecule has 4 nitrogen and oxygen atoms in total. The van der Waals surface area contributed by atoms with Gasteiger partial charge in [0.1, 0.15) is 11.6 Å². The maximum atomic E-state index is 11.7. The molecule has 246 valence electrons. The summed E-state index contributed by atoms with van der Waals surface area (Å²) >= 11 is 0. The van der Waals surface area contributed by atoms with Gasteiger partial charge in [0.05, 0.1) is 16.6 Å². The van der Waals surface area contributed by atoms with E-state index in [1.165, 1.54) is 11.1 Å². The molecule has 1 N–H and O–H groups in total. The maximum absolute atomic E-state index is 11.7. The number of benzene rings is 5. The van der Waals surface area contributed by atoms with E-state index in [-0.39, 0.29) is 26.5 Å². The van der Waals surface area contributed by atoms with Crippen molar-refractivity contribution in [2.75, 3.05) is 0 Å². The van der Waals surface area contributed by atoms with Gasteiger partial charge in [0, 0.05) is 38.6 Å². The molecule has 0 bridgehead atoms. The summed E-state index contributed by atoms with van der Waals surface area (Å²) in [5.41, 5.74) is 13.1. The van der Waals surface area contributed by atoms with Crippen molar-refractivity contribution >= 4 is 11.0 Å². The second-order valence-electron chi connectivity index (χ2n) is 13.8. The van der Waals surface area contributed by atoms with Gasteiger partial charge in [0.15, 0.2) is 0 Å². The zero-order valence-electron chi connectivity index (χ0n) is 28.0. The summed E-state index contributed by atoms with van der Waals surface area (Å²) < 4.78 is 2.18. The normalized spacial score (nSPS) is 12.8. The third-order valence-electron chi connectivity index (χ3n) is 9.61. The molecule has 0 saturated carbocycles. The Bertz CT molecular complexity index is 2280. The number of nitrogens with zero attached hydrogens (tertiary/aromatic N) is 3. The number of fused-ring (bicyclic) bond motifs is 2. The molecular formula is C44H38N3OPt-. The van der Waals surface area contributed by atoms with Crippen LogP contribution in [0.5, 0.6) is 5.75 Å². The Balaban J connectivity index is 0.00000378. The van der Waals surface area contributed by atoms with Crippen LogP contribution in [0.3, 0.4) is 0 Å². The van der Waals surface area contributed by atoms with Crippen molar-refractivity contribution in [3.8, 4) is 56.3 Å². The molecule has 1 aliphatic rings. The third kappa shape index (κ3) is 6.15. The minimum atomic E-state index is -0.104. The Morgan fingerprint density at radius 3 is 2.22 bits per heavy atom. The molecule has 0 saturated heterocycles. The monoisotopic (exact) mass is 819 g/mol. The van der Waals surface area contributed by atoms with Gasteiger partial charge in [0.2, 0.25) is 0 Å². The number of phenols is 1. The molecule has 1 aliphatic carbocycles. The number of hydrogen-bond acceptors (Lipinski definition) is 3. The molecule has 5 heteroatoms. The predicted molar refractivity (Wildman–Crippen MR) is 196 cm³/mol. The van der Waals surface area contributed by atoms with E-state index in [2.05, 4.69) is 122 Å². The number of phenolic OH excluding ortho intramolecular Hbond substituents is 1. The number of aryl methyl sites for hydroxylation is 1. The SMILES string of the molecule is CC(C)(C)c1cc(-c2cc(-c3ccccc3)ccn2)[c-]c(-c2cccc3c2nc(-c2ccc4c(c2O)CCCC4)n3-c2ccccc2)c1.[Pt]. The van der Waals surface area contributed by atoms with Gasteiger partial charge in [-0.25, -0.2) is 4.98 Å². The minimum absolute atomic E-state index is 0. The van der Waals surface area contributed by atoms with Crippen LogP contribution in [-0.2, 0) is 39.3 Å². The van der Waals surface area contributed by atoms with E-state index >= 15 is 0 Å². The summed E-state index contributed by atoms with van der Waals surface area (Å²) in [5, 5.41) is 11.7. The van der Waals surface area contributed by atoms with Crippen LogP contribution in [0, 0.1) is 6.07 Å². The van der Waals surface area contributed by atoms with Crippen LogP contribution >= 0.6 is 0 Å². The summed E-state index contributed by atoms with van der Waals surface area (Å²) in [5.74, 6) is 1.09. The van der Waals surface area contributed by atoms with E-state index < -0.39 is 0 Å². The van der Waals surface area contributed by atoms with Gasteiger partial charge in [0.25, 0.3) is 0 Å². The number of imidazole rings is 1. The zero-order valence-corrected chi connectivity index (χ0v) is 30.3. The Hall–Kier alpha value is -4.79. The number of rotatable bonds is 5. The Labute approximate surface area is 302 Å². The summed E-state index contributed by atoms with van der Waals surface area (Å²) in [6.07, 6.45) is 6.04. The average molecular weight is 820 g/mol. The van der Waals surface area contributed by atoms with Crippen molar-refractivity contribution < 1.29 is 26.2 Å². The predicted octanol–water partition coefficient (Wildman–Crippen LogP) is 10.8. The fourth-order valence-electron chi connectivity index (χ4n) is 7.00. The number of aromatic nitrogens is 3. The molecule has 0 amide bonds. The summed E-state index contributed by atoms with van der Waals surface area (Å²) in [6.45, 7) is 6.72. The topological polar surface area (TPSA) is 50.9 Å².